The van der Waals surface area contributed by atoms with Crippen LogP contribution in [-0.2, 0) is 0 Å². The van der Waals surface area contributed by atoms with E-state index in [1.807, 2.05) is 66.7 Å². The Morgan fingerprint density at radius 2 is 0.938 bits per heavy atom. The van der Waals surface area contributed by atoms with Crippen LogP contribution in [0.4, 0.5) is 14.5 Å². The number of nitrogens with zero attached hydrogens (tertiary/aromatic N) is 6. The van der Waals surface area contributed by atoms with Gasteiger partial charge in [0.1, 0.15) is 17.7 Å². The zero-order valence-corrected chi connectivity index (χ0v) is 24.5. The zero-order valence-electron chi connectivity index (χ0n) is 24.5. The highest BCUT2D eigenvalue weighted by atomic mass is 19.1. The molecule has 0 radical (unpaired) electrons. The van der Waals surface area contributed by atoms with E-state index in [0.717, 1.165) is 11.1 Å². The Morgan fingerprint density at radius 1 is 0.500 bits per heavy atom. The fraction of sp³-hybridized carbons (Fsp3) is 0. The van der Waals surface area contributed by atoms with Crippen LogP contribution in [0.2, 0.25) is 0 Å². The number of benzene rings is 5. The van der Waals surface area contributed by atoms with Gasteiger partial charge in [0.15, 0.2) is 0 Å². The Bertz CT molecular complexity index is 2440. The first-order chi connectivity index (χ1) is 23.3. The second-order valence-corrected chi connectivity index (χ2v) is 10.9. The van der Waals surface area contributed by atoms with Crippen molar-refractivity contribution in [2.75, 3.05) is 0 Å². The molecular formula is C40H14F2N6. The summed E-state index contributed by atoms with van der Waals surface area (Å²) in [6.45, 7) is 22.9. The summed E-state index contributed by atoms with van der Waals surface area (Å²) in [6, 6.07) is 29.0. The van der Waals surface area contributed by atoms with Crippen LogP contribution < -0.4 is 0 Å². The highest BCUT2D eigenvalue weighted by Gasteiger charge is 2.33. The molecule has 0 unspecified atom stereocenters. The van der Waals surface area contributed by atoms with Crippen molar-refractivity contribution in [1.29, 1.82) is 15.8 Å². The van der Waals surface area contributed by atoms with Crippen LogP contribution in [0.5, 0.6) is 0 Å². The van der Waals surface area contributed by atoms with Crippen LogP contribution >= 0.6 is 0 Å². The molecule has 218 valence electrons. The van der Waals surface area contributed by atoms with E-state index in [2.05, 4.69) is 14.5 Å². The summed E-state index contributed by atoms with van der Waals surface area (Å²) in [6.07, 6.45) is 0. The van der Waals surface area contributed by atoms with Crippen LogP contribution in [0.1, 0.15) is 27.8 Å². The Labute approximate surface area is 273 Å². The molecule has 0 amide bonds. The number of hydrogen-bond donors (Lipinski definition) is 0. The Hall–Kier alpha value is -7.62. The lowest BCUT2D eigenvalue weighted by Crippen LogP contribution is -1.90. The summed E-state index contributed by atoms with van der Waals surface area (Å²) in [5.41, 5.74) is 8.20. The number of fused-ring (bicyclic) bond motifs is 6. The number of hydrogen-bond acceptors (Lipinski definition) is 3. The predicted molar refractivity (Wildman–Crippen MR) is 176 cm³/mol. The van der Waals surface area contributed by atoms with Crippen LogP contribution in [0.15, 0.2) is 96.3 Å². The first-order valence-corrected chi connectivity index (χ1v) is 14.2. The SMILES string of the molecule is [C-]#[N+]C(C#N)=C1c2cc(-c3ccc(F)c(C#N)c3)ccc2-c2cc3c(cc21)-c1ccc(-c2ccc(F)c([N+]#[C-])c2)cc1C3=C(C#N)[N+]#[C-]. The summed E-state index contributed by atoms with van der Waals surface area (Å²) in [4.78, 5) is 10.3. The largest absolute Gasteiger partial charge is 0.270 e. The maximum absolute atomic E-state index is 14.1. The maximum atomic E-state index is 14.1. The molecule has 2 aliphatic carbocycles. The molecule has 0 heterocycles. The van der Waals surface area contributed by atoms with E-state index < -0.39 is 11.6 Å². The molecule has 6 nitrogen and oxygen atoms in total. The standard InChI is InChI=1S/C40H14F2N6/c1-46-36-15-24(7-11-35(36)42)23-5-9-27-29-17-32-28(16-33(29)40(31(27)14-23)38(20-45)48-3)26-8-4-22(13-30(26)39(32)37(19-44)47-2)21-6-10-34(41)25(12-21)18-43/h4-17H. The lowest BCUT2D eigenvalue weighted by Gasteiger charge is -2.09. The van der Waals surface area contributed by atoms with Crippen molar-refractivity contribution >= 4 is 16.8 Å². The van der Waals surface area contributed by atoms with Crippen molar-refractivity contribution < 1.29 is 8.78 Å². The van der Waals surface area contributed by atoms with E-state index in [-0.39, 0.29) is 22.6 Å². The van der Waals surface area contributed by atoms with E-state index in [0.29, 0.717) is 66.8 Å². The third-order valence-electron chi connectivity index (χ3n) is 8.58. The molecule has 0 saturated carbocycles. The molecule has 0 fully saturated rings. The Balaban J connectivity index is 1.47. The lowest BCUT2D eigenvalue weighted by atomic mass is 9.95. The van der Waals surface area contributed by atoms with E-state index in [9.17, 15) is 24.6 Å². The molecule has 5 aromatic carbocycles. The van der Waals surface area contributed by atoms with Gasteiger partial charge in [-0.2, -0.15) is 5.26 Å². The topological polar surface area (TPSA) is 84.5 Å². The van der Waals surface area contributed by atoms with Gasteiger partial charge >= 0.3 is 0 Å². The molecule has 5 aromatic rings. The first kappa shape index (κ1) is 29.1. The van der Waals surface area contributed by atoms with Crippen molar-refractivity contribution in [3.8, 4) is 62.7 Å². The van der Waals surface area contributed by atoms with Gasteiger partial charge in [-0.15, -0.1) is 0 Å². The number of allylic oxidation sites excluding steroid dienone is 2. The molecule has 0 bridgehead atoms. The molecule has 8 heteroatoms. The van der Waals surface area contributed by atoms with Gasteiger partial charge in [-0.1, -0.05) is 36.4 Å². The Kier molecular flexibility index (Phi) is 6.72. The van der Waals surface area contributed by atoms with Crippen LogP contribution in [0.25, 0.3) is 70.2 Å². The maximum Gasteiger partial charge on any atom is 0.270 e. The summed E-state index contributed by atoms with van der Waals surface area (Å²) in [7, 11) is 0. The van der Waals surface area contributed by atoms with Gasteiger partial charge in [-0.3, -0.25) is 0 Å². The minimum Gasteiger partial charge on any atom is -0.235 e. The van der Waals surface area contributed by atoms with Gasteiger partial charge < -0.3 is 0 Å². The van der Waals surface area contributed by atoms with E-state index in [1.54, 1.807) is 12.1 Å². The zero-order chi connectivity index (χ0) is 33.7. The monoisotopic (exact) mass is 616 g/mol. The average molecular weight is 617 g/mol. The normalized spacial score (nSPS) is 13.6. The summed E-state index contributed by atoms with van der Waals surface area (Å²) < 4.78 is 28.2. The smallest absolute Gasteiger partial charge is 0.235 e. The van der Waals surface area contributed by atoms with Crippen molar-refractivity contribution in [1.82, 2.24) is 0 Å². The van der Waals surface area contributed by atoms with Crippen molar-refractivity contribution in [2.45, 2.75) is 0 Å². The lowest BCUT2D eigenvalue weighted by molar-refractivity contribution is 0.624. The first-order valence-electron chi connectivity index (χ1n) is 14.2. The van der Waals surface area contributed by atoms with Gasteiger partial charge in [-0.25, -0.2) is 33.8 Å². The van der Waals surface area contributed by atoms with Crippen molar-refractivity contribution in [3.05, 3.63) is 170 Å². The molecular weight excluding hydrogens is 602 g/mol. The average Bonchev–Trinajstić information content (AvgIpc) is 3.60. The molecule has 0 saturated heterocycles. The van der Waals surface area contributed by atoms with Gasteiger partial charge in [0.05, 0.1) is 37.4 Å². The molecule has 0 aliphatic heterocycles. The summed E-state index contributed by atoms with van der Waals surface area (Å²) in [5.74, 6) is -1.27. The van der Waals surface area contributed by atoms with Crippen molar-refractivity contribution in [2.24, 2.45) is 0 Å². The molecule has 2 aliphatic rings. The summed E-state index contributed by atoms with van der Waals surface area (Å²) >= 11 is 0. The fourth-order valence-electron chi connectivity index (χ4n) is 6.43. The second-order valence-electron chi connectivity index (χ2n) is 10.9. The Morgan fingerprint density at radius 3 is 1.40 bits per heavy atom. The molecule has 0 atom stereocenters. The fourth-order valence-corrected chi connectivity index (χ4v) is 6.43. The highest BCUT2D eigenvalue weighted by Crippen LogP contribution is 2.54. The van der Waals surface area contributed by atoms with E-state index in [1.165, 1.54) is 24.3 Å². The van der Waals surface area contributed by atoms with Gasteiger partial charge in [0.25, 0.3) is 11.4 Å². The van der Waals surface area contributed by atoms with Gasteiger partial charge in [0, 0.05) is 11.1 Å². The van der Waals surface area contributed by atoms with Crippen molar-refractivity contribution in [3.63, 3.8) is 0 Å². The highest BCUT2D eigenvalue weighted by molar-refractivity contribution is 6.11. The van der Waals surface area contributed by atoms with E-state index >= 15 is 0 Å². The molecule has 7 rings (SSSR count). The third-order valence-corrected chi connectivity index (χ3v) is 8.58. The van der Waals surface area contributed by atoms with E-state index in [4.69, 9.17) is 19.7 Å². The molecule has 48 heavy (non-hydrogen) atoms. The number of rotatable bonds is 2. The molecule has 0 spiro atoms. The third kappa shape index (κ3) is 4.25. The second kappa shape index (κ2) is 11.1. The minimum atomic E-state index is -0.636. The van der Waals surface area contributed by atoms with Crippen LogP contribution in [0.3, 0.4) is 0 Å². The summed E-state index contributed by atoms with van der Waals surface area (Å²) in [5, 5.41) is 29.4. The molecule has 0 aromatic heterocycles. The minimum absolute atomic E-state index is 0.108. The number of nitriles is 3. The predicted octanol–water partition coefficient (Wildman–Crippen LogP) is 10.1. The van der Waals surface area contributed by atoms with Gasteiger partial charge in [0.2, 0.25) is 5.69 Å². The van der Waals surface area contributed by atoms with Gasteiger partial charge in [-0.05, 0) is 115 Å². The van der Waals surface area contributed by atoms with Crippen LogP contribution in [0, 0.1) is 65.3 Å². The quantitative estimate of drug-likeness (QED) is 0.143. The van der Waals surface area contributed by atoms with Crippen LogP contribution in [-0.4, -0.2) is 0 Å². The molecule has 0 N–H and O–H groups in total. The number of halogens is 2.